The van der Waals surface area contributed by atoms with E-state index in [4.69, 9.17) is 4.74 Å². The van der Waals surface area contributed by atoms with E-state index in [1.165, 1.54) is 24.1 Å². The van der Waals surface area contributed by atoms with E-state index in [-0.39, 0.29) is 21.8 Å². The lowest BCUT2D eigenvalue weighted by Gasteiger charge is -2.36. The number of ether oxygens (including phenoxy) is 1. The van der Waals surface area contributed by atoms with Gasteiger partial charge in [0.25, 0.3) is 5.24 Å². The molecule has 0 radical (unpaired) electrons. The summed E-state index contributed by atoms with van der Waals surface area (Å²) in [5.41, 5.74) is 0. The highest BCUT2D eigenvalue weighted by molar-refractivity contribution is 8.14. The van der Waals surface area contributed by atoms with Crippen molar-refractivity contribution in [3.05, 3.63) is 24.3 Å². The third-order valence-corrected chi connectivity index (χ3v) is 6.86. The lowest BCUT2D eigenvalue weighted by Crippen LogP contribution is -2.54. The minimum absolute atomic E-state index is 0.131. The Hall–Kier alpha value is -1.58. The van der Waals surface area contributed by atoms with Gasteiger partial charge in [-0.25, -0.2) is 13.1 Å². The summed E-state index contributed by atoms with van der Waals surface area (Å²) in [6, 6.07) is 5.22. The summed E-state index contributed by atoms with van der Waals surface area (Å²) in [6.07, 6.45) is 2.94. The molecule has 0 unspecified atom stereocenters. The number of sulfonamides is 1. The number of nitrogens with one attached hydrogen (secondary N) is 1. The van der Waals surface area contributed by atoms with Gasteiger partial charge >= 0.3 is 0 Å². The Morgan fingerprint density at radius 1 is 1.16 bits per heavy atom. The summed E-state index contributed by atoms with van der Waals surface area (Å²) in [5.74, 6) is 0.461. The number of nitrogens with zero attached hydrogens (tertiary/aromatic N) is 1. The van der Waals surface area contributed by atoms with Crippen LogP contribution in [0.25, 0.3) is 0 Å². The molecule has 0 bridgehead atoms. The number of hydrogen-bond donors (Lipinski definition) is 1. The fraction of sp³-hybridized carbons (Fsp3) is 0.500. The molecule has 0 aromatic heterocycles. The van der Waals surface area contributed by atoms with E-state index in [0.29, 0.717) is 18.6 Å². The highest BCUT2D eigenvalue weighted by Crippen LogP contribution is 2.31. The Morgan fingerprint density at radius 3 is 2.44 bits per heavy atom. The van der Waals surface area contributed by atoms with Gasteiger partial charge in [-0.1, -0.05) is 24.6 Å². The van der Waals surface area contributed by atoms with E-state index < -0.39 is 22.1 Å². The molecule has 1 saturated heterocycles. The topological polar surface area (TPSA) is 92.8 Å². The smallest absolute Gasteiger partial charge is 0.289 e. The molecule has 1 heterocycles. The van der Waals surface area contributed by atoms with Crippen LogP contribution in [0.5, 0.6) is 5.75 Å². The van der Waals surface area contributed by atoms with Gasteiger partial charge < -0.3 is 4.74 Å². The minimum Gasteiger partial charge on any atom is -0.497 e. The van der Waals surface area contributed by atoms with Gasteiger partial charge in [0, 0.05) is 6.04 Å². The zero-order valence-corrected chi connectivity index (χ0v) is 15.4. The number of benzene rings is 1. The van der Waals surface area contributed by atoms with Crippen LogP contribution >= 0.6 is 11.8 Å². The highest BCUT2D eigenvalue weighted by Gasteiger charge is 2.41. The lowest BCUT2D eigenvalue weighted by atomic mass is 9.90. The molecule has 136 valence electrons. The number of carbonyl (C=O) groups excluding carboxylic acids is 2. The Kier molecular flexibility index (Phi) is 5.35. The number of rotatable bonds is 5. The van der Waals surface area contributed by atoms with Gasteiger partial charge in [-0.05, 0) is 37.1 Å². The largest absolute Gasteiger partial charge is 0.497 e. The molecule has 2 atom stereocenters. The Labute approximate surface area is 151 Å². The Balaban J connectivity index is 1.80. The maximum absolute atomic E-state index is 12.7. The van der Waals surface area contributed by atoms with Gasteiger partial charge in [0.1, 0.15) is 5.75 Å². The Morgan fingerprint density at radius 2 is 1.84 bits per heavy atom. The maximum atomic E-state index is 12.7. The lowest BCUT2D eigenvalue weighted by molar-refractivity contribution is -0.127. The molecule has 7 nitrogen and oxygen atoms in total. The minimum atomic E-state index is -3.74. The average Bonchev–Trinajstić information content (AvgIpc) is 2.94. The van der Waals surface area contributed by atoms with Crippen LogP contribution in [0, 0.1) is 0 Å². The molecule has 0 spiro atoms. The predicted molar refractivity (Wildman–Crippen MR) is 94.1 cm³/mol. The predicted octanol–water partition coefficient (Wildman–Crippen LogP) is 1.98. The first kappa shape index (κ1) is 18.2. The van der Waals surface area contributed by atoms with Crippen LogP contribution in [0.15, 0.2) is 29.2 Å². The van der Waals surface area contributed by atoms with E-state index in [1.807, 2.05) is 0 Å². The van der Waals surface area contributed by atoms with Gasteiger partial charge in [-0.2, -0.15) is 0 Å². The van der Waals surface area contributed by atoms with Crippen LogP contribution < -0.4 is 9.46 Å². The molecule has 2 aliphatic rings. The third-order valence-electron chi connectivity index (χ3n) is 4.52. The molecular formula is C16H20N2O5S2. The molecule has 1 aliphatic carbocycles. The van der Waals surface area contributed by atoms with Crippen molar-refractivity contribution < 1.29 is 22.7 Å². The van der Waals surface area contributed by atoms with Gasteiger partial charge in [0.2, 0.25) is 15.9 Å². The van der Waals surface area contributed by atoms with E-state index >= 15 is 0 Å². The van der Waals surface area contributed by atoms with Crippen molar-refractivity contribution in [3.8, 4) is 5.75 Å². The maximum Gasteiger partial charge on any atom is 0.289 e. The molecule has 1 aromatic carbocycles. The first-order valence-corrected chi connectivity index (χ1v) is 10.5. The fourth-order valence-electron chi connectivity index (χ4n) is 3.26. The molecule has 2 amide bonds. The number of carbonyl (C=O) groups is 2. The number of methoxy groups -OCH3 is 1. The molecule has 1 aliphatic heterocycles. The molecular weight excluding hydrogens is 364 g/mol. The Bertz CT molecular complexity index is 747. The summed E-state index contributed by atoms with van der Waals surface area (Å²) >= 11 is 0.974. The first-order chi connectivity index (χ1) is 11.9. The van der Waals surface area contributed by atoms with Gasteiger partial charge in [0.05, 0.1) is 23.8 Å². The molecule has 9 heteroatoms. The summed E-state index contributed by atoms with van der Waals surface area (Å²) in [7, 11) is -2.23. The van der Waals surface area contributed by atoms with Crippen LogP contribution in [0.3, 0.4) is 0 Å². The number of imide groups is 1. The summed E-state index contributed by atoms with van der Waals surface area (Å²) < 4.78 is 33.1. The second-order valence-electron chi connectivity index (χ2n) is 6.07. The van der Waals surface area contributed by atoms with E-state index in [1.54, 1.807) is 12.1 Å². The van der Waals surface area contributed by atoms with Crippen molar-refractivity contribution in [2.75, 3.05) is 12.9 Å². The standard InChI is InChI=1S/C16H20N2O5S2/c1-23-11-6-8-12(9-7-11)25(21,22)17-13-4-2-3-5-14(13)18-15(19)10-24-16(18)20/h6-9,13-14,17H,2-5,10H2,1H3/t13-,14+/m1/s1. The molecule has 1 N–H and O–H groups in total. The molecule has 2 fully saturated rings. The first-order valence-electron chi connectivity index (χ1n) is 8.07. The van der Waals surface area contributed by atoms with E-state index in [9.17, 15) is 18.0 Å². The van der Waals surface area contributed by atoms with Crippen molar-refractivity contribution in [1.29, 1.82) is 0 Å². The van der Waals surface area contributed by atoms with Crippen molar-refractivity contribution in [3.63, 3.8) is 0 Å². The second-order valence-corrected chi connectivity index (χ2v) is 8.71. The molecule has 1 saturated carbocycles. The SMILES string of the molecule is COc1ccc(S(=O)(=O)N[C@@H]2CCCC[C@@H]2N2C(=O)CSC2=O)cc1. The van der Waals surface area contributed by atoms with Crippen molar-refractivity contribution in [1.82, 2.24) is 9.62 Å². The normalized spacial score (nSPS) is 24.6. The van der Waals surface area contributed by atoms with Gasteiger partial charge in [0.15, 0.2) is 0 Å². The van der Waals surface area contributed by atoms with Crippen molar-refractivity contribution in [2.24, 2.45) is 0 Å². The molecule has 25 heavy (non-hydrogen) atoms. The monoisotopic (exact) mass is 384 g/mol. The van der Waals surface area contributed by atoms with Gasteiger partial charge in [-0.15, -0.1) is 0 Å². The summed E-state index contributed by atoms with van der Waals surface area (Å²) in [4.78, 5) is 25.4. The van der Waals surface area contributed by atoms with E-state index in [2.05, 4.69) is 4.72 Å². The van der Waals surface area contributed by atoms with Crippen molar-refractivity contribution >= 4 is 32.9 Å². The quantitative estimate of drug-likeness (QED) is 0.834. The van der Waals surface area contributed by atoms with E-state index in [0.717, 1.165) is 24.6 Å². The summed E-state index contributed by atoms with van der Waals surface area (Å²) in [6.45, 7) is 0. The average molecular weight is 384 g/mol. The van der Waals surface area contributed by atoms with Crippen LogP contribution in [-0.4, -0.2) is 49.4 Å². The molecule has 3 rings (SSSR count). The number of thioether (sulfide) groups is 1. The zero-order valence-electron chi connectivity index (χ0n) is 13.8. The molecule has 1 aromatic rings. The van der Waals surface area contributed by atoms with Crippen molar-refractivity contribution in [2.45, 2.75) is 42.7 Å². The number of amides is 2. The van der Waals surface area contributed by atoms with Crippen LogP contribution in [0.1, 0.15) is 25.7 Å². The highest BCUT2D eigenvalue weighted by atomic mass is 32.2. The third kappa shape index (κ3) is 3.83. The van der Waals surface area contributed by atoms with Gasteiger partial charge in [-0.3, -0.25) is 14.5 Å². The van der Waals surface area contributed by atoms with Crippen LogP contribution in [0.2, 0.25) is 0 Å². The fourth-order valence-corrected chi connectivity index (χ4v) is 5.33. The second kappa shape index (κ2) is 7.35. The van der Waals surface area contributed by atoms with Crippen LogP contribution in [-0.2, 0) is 14.8 Å². The number of hydrogen-bond acceptors (Lipinski definition) is 6. The van der Waals surface area contributed by atoms with Crippen LogP contribution in [0.4, 0.5) is 4.79 Å². The summed E-state index contributed by atoms with van der Waals surface area (Å²) in [5, 5.41) is -0.287. The zero-order chi connectivity index (χ0) is 18.0.